The van der Waals surface area contributed by atoms with E-state index in [-0.39, 0.29) is 11.8 Å². The first kappa shape index (κ1) is 15.5. The van der Waals surface area contributed by atoms with E-state index in [1.54, 1.807) is 0 Å². The van der Waals surface area contributed by atoms with Crippen LogP contribution in [0.3, 0.4) is 0 Å². The number of amides is 2. The van der Waals surface area contributed by atoms with Crippen molar-refractivity contribution in [1.29, 1.82) is 0 Å². The van der Waals surface area contributed by atoms with E-state index in [1.807, 2.05) is 34.1 Å². The summed E-state index contributed by atoms with van der Waals surface area (Å²) in [6.45, 7) is 2.79. The summed E-state index contributed by atoms with van der Waals surface area (Å²) in [4.78, 5) is 28.8. The van der Waals surface area contributed by atoms with Gasteiger partial charge in [0.25, 0.3) is 5.91 Å². The molecule has 1 aliphatic carbocycles. The van der Waals surface area contributed by atoms with Crippen LogP contribution in [-0.4, -0.2) is 47.8 Å². The molecule has 1 aromatic carbocycles. The van der Waals surface area contributed by atoms with Gasteiger partial charge in [-0.15, -0.1) is 0 Å². The Labute approximate surface area is 139 Å². The minimum atomic E-state index is 0.0549. The lowest BCUT2D eigenvalue weighted by Gasteiger charge is -2.31. The molecule has 3 rings (SSSR count). The Morgan fingerprint density at radius 3 is 2.41 bits per heavy atom. The number of hydrogen-bond acceptors (Lipinski definition) is 2. The van der Waals surface area contributed by atoms with Gasteiger partial charge < -0.3 is 9.80 Å². The maximum atomic E-state index is 12.6. The highest BCUT2D eigenvalue weighted by atomic mass is 79.9. The lowest BCUT2D eigenvalue weighted by atomic mass is 9.84. The Bertz CT molecular complexity index is 572. The summed E-state index contributed by atoms with van der Waals surface area (Å²) in [6, 6.07) is 7.49. The fraction of sp³-hybridized carbons (Fsp3) is 0.529. The second-order valence-corrected chi connectivity index (χ2v) is 7.02. The fourth-order valence-electron chi connectivity index (χ4n) is 3.06. The normalized spacial score (nSPS) is 19.5. The molecule has 0 radical (unpaired) electrons. The smallest absolute Gasteiger partial charge is 0.253 e. The molecular weight excluding hydrogens is 344 g/mol. The zero-order valence-electron chi connectivity index (χ0n) is 12.6. The topological polar surface area (TPSA) is 40.6 Å². The van der Waals surface area contributed by atoms with Crippen LogP contribution in [0.2, 0.25) is 0 Å². The summed E-state index contributed by atoms with van der Waals surface area (Å²) in [6.07, 6.45) is 4.11. The third-order valence-electron chi connectivity index (χ3n) is 4.62. The number of rotatable bonds is 2. The maximum absolute atomic E-state index is 12.6. The Balaban J connectivity index is 1.62. The molecule has 5 heteroatoms. The molecule has 118 valence electrons. The summed E-state index contributed by atoms with van der Waals surface area (Å²) in [5, 5.41) is 0. The monoisotopic (exact) mass is 364 g/mol. The highest BCUT2D eigenvalue weighted by Crippen LogP contribution is 2.28. The van der Waals surface area contributed by atoms with Crippen molar-refractivity contribution in [2.45, 2.75) is 25.7 Å². The van der Waals surface area contributed by atoms with E-state index in [4.69, 9.17) is 0 Å². The van der Waals surface area contributed by atoms with Crippen LogP contribution in [0.5, 0.6) is 0 Å². The first-order valence-corrected chi connectivity index (χ1v) is 8.78. The van der Waals surface area contributed by atoms with Gasteiger partial charge in [0.15, 0.2) is 0 Å². The Morgan fingerprint density at radius 1 is 1.00 bits per heavy atom. The zero-order chi connectivity index (χ0) is 15.5. The van der Waals surface area contributed by atoms with E-state index in [9.17, 15) is 9.59 Å². The molecule has 2 amide bonds. The van der Waals surface area contributed by atoms with E-state index in [1.165, 1.54) is 6.42 Å². The predicted molar refractivity (Wildman–Crippen MR) is 88.6 cm³/mol. The Morgan fingerprint density at radius 2 is 1.73 bits per heavy atom. The van der Waals surface area contributed by atoms with Crippen molar-refractivity contribution in [3.05, 3.63) is 34.3 Å². The summed E-state index contributed by atoms with van der Waals surface area (Å²) >= 11 is 3.41. The van der Waals surface area contributed by atoms with Gasteiger partial charge >= 0.3 is 0 Å². The molecule has 1 saturated heterocycles. The van der Waals surface area contributed by atoms with Crippen LogP contribution in [-0.2, 0) is 4.79 Å². The van der Waals surface area contributed by atoms with E-state index in [2.05, 4.69) is 15.9 Å². The minimum Gasteiger partial charge on any atom is -0.341 e. The van der Waals surface area contributed by atoms with Crippen LogP contribution in [0.4, 0.5) is 0 Å². The molecule has 2 aliphatic rings. The second kappa shape index (κ2) is 6.82. The summed E-state index contributed by atoms with van der Waals surface area (Å²) in [5.41, 5.74) is 0.702. The van der Waals surface area contributed by atoms with Crippen LogP contribution in [0.1, 0.15) is 36.0 Å². The minimum absolute atomic E-state index is 0.0549. The molecule has 1 aromatic rings. The second-order valence-electron chi connectivity index (χ2n) is 6.11. The van der Waals surface area contributed by atoms with Gasteiger partial charge in [-0.2, -0.15) is 0 Å². The van der Waals surface area contributed by atoms with E-state index >= 15 is 0 Å². The first-order valence-electron chi connectivity index (χ1n) is 7.99. The van der Waals surface area contributed by atoms with E-state index in [0.29, 0.717) is 24.6 Å². The number of benzene rings is 1. The lowest BCUT2D eigenvalue weighted by Crippen LogP contribution is -2.41. The zero-order valence-corrected chi connectivity index (χ0v) is 14.2. The van der Waals surface area contributed by atoms with E-state index in [0.717, 1.165) is 36.8 Å². The molecule has 0 N–H and O–H groups in total. The summed E-state index contributed by atoms with van der Waals surface area (Å²) in [5.74, 6) is 0.592. The highest BCUT2D eigenvalue weighted by molar-refractivity contribution is 9.10. The number of halogens is 1. The first-order chi connectivity index (χ1) is 10.6. The van der Waals surface area contributed by atoms with Crippen molar-refractivity contribution in [3.8, 4) is 0 Å². The van der Waals surface area contributed by atoms with Gasteiger partial charge in [-0.05, 0) is 37.5 Å². The van der Waals surface area contributed by atoms with Gasteiger partial charge in [0.2, 0.25) is 5.91 Å². The average molecular weight is 365 g/mol. The quantitative estimate of drug-likeness (QED) is 0.809. The lowest BCUT2D eigenvalue weighted by molar-refractivity contribution is -0.138. The fourth-order valence-corrected chi connectivity index (χ4v) is 3.46. The molecule has 0 bridgehead atoms. The van der Waals surface area contributed by atoms with Gasteiger partial charge in [0.1, 0.15) is 0 Å². The molecule has 1 aliphatic heterocycles. The molecular formula is C17H21BrN2O2. The molecule has 0 atom stereocenters. The van der Waals surface area contributed by atoms with Gasteiger partial charge in [0.05, 0.1) is 0 Å². The molecule has 0 spiro atoms. The summed E-state index contributed by atoms with van der Waals surface area (Å²) < 4.78 is 0.912. The number of nitrogens with zero attached hydrogens (tertiary/aromatic N) is 2. The van der Waals surface area contributed by atoms with Crippen LogP contribution in [0.15, 0.2) is 28.7 Å². The number of hydrogen-bond donors (Lipinski definition) is 0. The third-order valence-corrected chi connectivity index (χ3v) is 5.11. The van der Waals surface area contributed by atoms with Crippen molar-refractivity contribution < 1.29 is 9.59 Å². The van der Waals surface area contributed by atoms with Crippen molar-refractivity contribution in [2.24, 2.45) is 5.92 Å². The molecule has 2 fully saturated rings. The Kier molecular flexibility index (Phi) is 4.81. The van der Waals surface area contributed by atoms with Gasteiger partial charge in [-0.25, -0.2) is 0 Å². The van der Waals surface area contributed by atoms with Crippen molar-refractivity contribution >= 4 is 27.7 Å². The molecule has 4 nitrogen and oxygen atoms in total. The van der Waals surface area contributed by atoms with Crippen LogP contribution >= 0.6 is 15.9 Å². The van der Waals surface area contributed by atoms with Crippen molar-refractivity contribution in [2.75, 3.05) is 26.2 Å². The molecule has 22 heavy (non-hydrogen) atoms. The highest BCUT2D eigenvalue weighted by Gasteiger charge is 2.31. The van der Waals surface area contributed by atoms with Gasteiger partial charge in [-0.1, -0.05) is 28.4 Å². The van der Waals surface area contributed by atoms with Crippen molar-refractivity contribution in [3.63, 3.8) is 0 Å². The average Bonchev–Trinajstić information content (AvgIpc) is 2.70. The predicted octanol–water partition coefficient (Wildman–Crippen LogP) is 2.92. The molecule has 1 saturated carbocycles. The standard InChI is InChI=1S/C17H21BrN2O2/c18-15-7-2-6-14(12-15)17(22)20-9-3-8-19(10-11-20)16(21)13-4-1-5-13/h2,6-7,12-13H,1,3-5,8-11H2. The third kappa shape index (κ3) is 3.35. The van der Waals surface area contributed by atoms with Crippen LogP contribution in [0, 0.1) is 5.92 Å². The van der Waals surface area contributed by atoms with Gasteiger partial charge in [0, 0.05) is 42.1 Å². The summed E-state index contributed by atoms with van der Waals surface area (Å²) in [7, 11) is 0. The Hall–Kier alpha value is -1.36. The molecule has 1 heterocycles. The number of carbonyl (C=O) groups excluding carboxylic acids is 2. The SMILES string of the molecule is O=C(c1cccc(Br)c1)N1CCCN(C(=O)C2CCC2)CC1. The molecule has 0 aromatic heterocycles. The number of carbonyl (C=O) groups is 2. The largest absolute Gasteiger partial charge is 0.341 e. The van der Waals surface area contributed by atoms with Crippen LogP contribution in [0.25, 0.3) is 0 Å². The maximum Gasteiger partial charge on any atom is 0.253 e. The van der Waals surface area contributed by atoms with Crippen molar-refractivity contribution in [1.82, 2.24) is 9.80 Å². The van der Waals surface area contributed by atoms with Crippen LogP contribution < -0.4 is 0 Å². The van der Waals surface area contributed by atoms with E-state index < -0.39 is 0 Å². The molecule has 0 unspecified atom stereocenters. The van der Waals surface area contributed by atoms with Gasteiger partial charge in [-0.3, -0.25) is 9.59 Å².